The Hall–Kier alpha value is 0.350. The van der Waals surface area contributed by atoms with Crippen LogP contribution >= 0.6 is 11.8 Å². The molecule has 0 bridgehead atoms. The second-order valence-corrected chi connectivity index (χ2v) is 4.11. The van der Waals surface area contributed by atoms with Crippen molar-refractivity contribution in [2.24, 2.45) is 11.8 Å². The molecule has 2 rings (SSSR count). The molecule has 1 saturated heterocycles. The molecule has 7 heavy (non-hydrogen) atoms. The summed E-state index contributed by atoms with van der Waals surface area (Å²) >= 11 is 2.16. The summed E-state index contributed by atoms with van der Waals surface area (Å²) in [7, 11) is 0. The summed E-state index contributed by atoms with van der Waals surface area (Å²) in [5, 5.41) is 1.00. The van der Waals surface area contributed by atoms with E-state index < -0.39 is 0 Å². The Bertz CT molecular complexity index is 90.2. The maximum atomic E-state index is 2.36. The van der Waals surface area contributed by atoms with E-state index >= 15 is 0 Å². The second-order valence-electron chi connectivity index (χ2n) is 2.70. The molecule has 0 amide bonds. The smallest absolute Gasteiger partial charge is 0.00501 e. The molecule has 2 fully saturated rings. The van der Waals surface area contributed by atoms with Crippen molar-refractivity contribution in [1.29, 1.82) is 0 Å². The van der Waals surface area contributed by atoms with Gasteiger partial charge in [-0.15, -0.1) is 0 Å². The van der Waals surface area contributed by atoms with E-state index in [1.54, 1.807) is 6.42 Å². The summed E-state index contributed by atoms with van der Waals surface area (Å²) in [5.41, 5.74) is 0. The van der Waals surface area contributed by atoms with Gasteiger partial charge in [0.25, 0.3) is 0 Å². The number of hydrogen-bond acceptors (Lipinski definition) is 1. The Morgan fingerprint density at radius 1 is 1.57 bits per heavy atom. The highest BCUT2D eigenvalue weighted by Gasteiger charge is 2.46. The monoisotopic (exact) mass is 114 g/mol. The van der Waals surface area contributed by atoms with Crippen molar-refractivity contribution in [3.8, 4) is 0 Å². The normalized spacial score (nSPS) is 57.0. The summed E-state index contributed by atoms with van der Waals surface area (Å²) in [4.78, 5) is 0. The molecule has 3 unspecified atom stereocenters. The molecule has 0 aromatic heterocycles. The lowest BCUT2D eigenvalue weighted by atomic mass is 10.3. The van der Waals surface area contributed by atoms with Gasteiger partial charge in [-0.3, -0.25) is 0 Å². The minimum Gasteiger partial charge on any atom is -0.158 e. The first-order chi connectivity index (χ1) is 3.38. The first-order valence-electron chi connectivity index (χ1n) is 2.99. The third kappa shape index (κ3) is 0.510. The molecule has 0 spiro atoms. The molecule has 0 radical (unpaired) electrons. The molecule has 3 atom stereocenters. The van der Waals surface area contributed by atoms with Gasteiger partial charge >= 0.3 is 0 Å². The van der Waals surface area contributed by atoms with E-state index in [2.05, 4.69) is 18.7 Å². The fourth-order valence-corrected chi connectivity index (χ4v) is 2.95. The van der Waals surface area contributed by atoms with Gasteiger partial charge in [-0.25, -0.2) is 0 Å². The highest BCUT2D eigenvalue weighted by Crippen LogP contribution is 2.53. The van der Waals surface area contributed by atoms with Crippen molar-refractivity contribution in [2.45, 2.75) is 18.6 Å². The summed E-state index contributed by atoms with van der Waals surface area (Å²) in [6.45, 7) is 2.36. The van der Waals surface area contributed by atoms with E-state index in [9.17, 15) is 0 Å². The lowest BCUT2D eigenvalue weighted by molar-refractivity contribution is 0.784. The van der Waals surface area contributed by atoms with Crippen LogP contribution < -0.4 is 0 Å². The molecular formula is C6H10S. The summed E-state index contributed by atoms with van der Waals surface area (Å²) in [6.07, 6.45) is 1.55. The Morgan fingerprint density at radius 3 is 2.57 bits per heavy atom. The van der Waals surface area contributed by atoms with Crippen molar-refractivity contribution in [2.75, 3.05) is 5.75 Å². The number of fused-ring (bicyclic) bond motifs is 1. The van der Waals surface area contributed by atoms with Crippen LogP contribution in [0.25, 0.3) is 0 Å². The van der Waals surface area contributed by atoms with E-state index in [4.69, 9.17) is 0 Å². The molecule has 0 aromatic rings. The molecule has 2 aliphatic rings. The predicted molar refractivity (Wildman–Crippen MR) is 33.5 cm³/mol. The Kier molecular flexibility index (Phi) is 0.724. The first-order valence-corrected chi connectivity index (χ1v) is 4.04. The van der Waals surface area contributed by atoms with Crippen molar-refractivity contribution in [3.63, 3.8) is 0 Å². The van der Waals surface area contributed by atoms with Crippen molar-refractivity contribution in [1.82, 2.24) is 0 Å². The average molecular weight is 114 g/mol. The standard InChI is InChI=1S/C6H10S/c1-4-6-2-5(6)3-7-4/h4-6H,2-3H2,1H3. The fraction of sp³-hybridized carbons (Fsp3) is 1.00. The predicted octanol–water partition coefficient (Wildman–Crippen LogP) is 1.76. The lowest BCUT2D eigenvalue weighted by Crippen LogP contribution is -1.91. The van der Waals surface area contributed by atoms with Crippen LogP contribution in [0.15, 0.2) is 0 Å². The van der Waals surface area contributed by atoms with Gasteiger partial charge in [-0.2, -0.15) is 11.8 Å². The average Bonchev–Trinajstić information content (AvgIpc) is 2.33. The zero-order chi connectivity index (χ0) is 4.85. The van der Waals surface area contributed by atoms with E-state index in [0.717, 1.165) is 17.1 Å². The third-order valence-electron chi connectivity index (χ3n) is 2.15. The second kappa shape index (κ2) is 1.19. The maximum absolute atomic E-state index is 2.36. The van der Waals surface area contributed by atoms with Crippen LogP contribution in [0.4, 0.5) is 0 Å². The third-order valence-corrected chi connectivity index (χ3v) is 3.65. The summed E-state index contributed by atoms with van der Waals surface area (Å²) < 4.78 is 0. The summed E-state index contributed by atoms with van der Waals surface area (Å²) in [5.74, 6) is 3.76. The van der Waals surface area contributed by atoms with Gasteiger partial charge in [0.2, 0.25) is 0 Å². The summed E-state index contributed by atoms with van der Waals surface area (Å²) in [6, 6.07) is 0. The molecule has 1 aliphatic carbocycles. The van der Waals surface area contributed by atoms with Crippen LogP contribution in [0.1, 0.15) is 13.3 Å². The zero-order valence-corrected chi connectivity index (χ0v) is 5.37. The Morgan fingerprint density at radius 2 is 2.43 bits per heavy atom. The van der Waals surface area contributed by atoms with Gasteiger partial charge in [0, 0.05) is 5.25 Å². The highest BCUT2D eigenvalue weighted by atomic mass is 32.2. The van der Waals surface area contributed by atoms with E-state index in [1.165, 1.54) is 5.75 Å². The lowest BCUT2D eigenvalue weighted by Gasteiger charge is -1.98. The molecule has 0 nitrogen and oxygen atoms in total. The molecule has 1 saturated carbocycles. The number of hydrogen-bond donors (Lipinski definition) is 0. The highest BCUT2D eigenvalue weighted by molar-refractivity contribution is 8.00. The SMILES string of the molecule is CC1SCC2CC21. The van der Waals surface area contributed by atoms with Gasteiger partial charge in [-0.05, 0) is 24.0 Å². The van der Waals surface area contributed by atoms with Gasteiger partial charge in [0.15, 0.2) is 0 Å². The first kappa shape index (κ1) is 4.25. The molecule has 0 N–H and O–H groups in total. The maximum Gasteiger partial charge on any atom is 0.00501 e. The molecule has 0 aromatic carbocycles. The van der Waals surface area contributed by atoms with Gasteiger partial charge in [-0.1, -0.05) is 6.92 Å². The van der Waals surface area contributed by atoms with Crippen LogP contribution in [0.3, 0.4) is 0 Å². The molecule has 1 heterocycles. The minimum absolute atomic E-state index is 1.00. The fourth-order valence-electron chi connectivity index (χ4n) is 1.44. The van der Waals surface area contributed by atoms with Crippen LogP contribution in [0.2, 0.25) is 0 Å². The van der Waals surface area contributed by atoms with Gasteiger partial charge < -0.3 is 0 Å². The Labute approximate surface area is 48.7 Å². The number of rotatable bonds is 0. The topological polar surface area (TPSA) is 0 Å². The molecule has 40 valence electrons. The molecule has 1 heteroatoms. The van der Waals surface area contributed by atoms with E-state index in [-0.39, 0.29) is 0 Å². The largest absolute Gasteiger partial charge is 0.158 e. The Balaban J connectivity index is 2.08. The zero-order valence-electron chi connectivity index (χ0n) is 4.55. The van der Waals surface area contributed by atoms with Crippen molar-refractivity contribution in [3.05, 3.63) is 0 Å². The minimum atomic E-state index is 1.00. The van der Waals surface area contributed by atoms with Crippen LogP contribution in [0, 0.1) is 11.8 Å². The van der Waals surface area contributed by atoms with E-state index in [0.29, 0.717) is 0 Å². The quantitative estimate of drug-likeness (QED) is 0.462. The van der Waals surface area contributed by atoms with Crippen molar-refractivity contribution < 1.29 is 0 Å². The number of thioether (sulfide) groups is 1. The van der Waals surface area contributed by atoms with Gasteiger partial charge in [0.05, 0.1) is 0 Å². The van der Waals surface area contributed by atoms with Crippen LogP contribution in [-0.4, -0.2) is 11.0 Å². The van der Waals surface area contributed by atoms with E-state index in [1.807, 2.05) is 0 Å². The van der Waals surface area contributed by atoms with Crippen LogP contribution in [0.5, 0.6) is 0 Å². The molecular weight excluding hydrogens is 104 g/mol. The van der Waals surface area contributed by atoms with Crippen molar-refractivity contribution >= 4 is 11.8 Å². The van der Waals surface area contributed by atoms with Gasteiger partial charge in [0.1, 0.15) is 0 Å². The van der Waals surface area contributed by atoms with Crippen LogP contribution in [-0.2, 0) is 0 Å². The molecule has 1 aliphatic heterocycles.